The van der Waals surface area contributed by atoms with Gasteiger partial charge in [-0.2, -0.15) is 0 Å². The van der Waals surface area contributed by atoms with Crippen LogP contribution < -0.4 is 37.2 Å². The zero-order valence-corrected chi connectivity index (χ0v) is 9.04. The summed E-state index contributed by atoms with van der Waals surface area (Å²) in [5, 5.41) is 0. The summed E-state index contributed by atoms with van der Waals surface area (Å²) in [6.45, 7) is 0. The molecule has 0 N–H and O–H groups in total. The molecule has 0 saturated carbocycles. The molecule has 0 atom stereocenters. The van der Waals surface area contributed by atoms with E-state index in [1.165, 1.54) is 0 Å². The third-order valence-electron chi connectivity index (χ3n) is 0. The van der Waals surface area contributed by atoms with Gasteiger partial charge in [-0.05, 0) is 0 Å². The Balaban J connectivity index is 0. The zero-order valence-electron chi connectivity index (χ0n) is 2.22. The Morgan fingerprint density at radius 2 is 0.600 bits per heavy atom. The van der Waals surface area contributed by atoms with Crippen LogP contribution in [0, 0.1) is 17.0 Å². The molecule has 0 fully saturated rings. The van der Waals surface area contributed by atoms with Crippen LogP contribution in [0.2, 0.25) is 0 Å². The Labute approximate surface area is 73.2 Å². The van der Waals surface area contributed by atoms with Crippen LogP contribution in [0.25, 0.3) is 0 Å². The topological polar surface area (TPSA) is 0 Å². The Kier molecular flexibility index (Phi) is 485. The molecular weight excluding hydrogens is 252 g/mol. The molecule has 0 heterocycles. The summed E-state index contributed by atoms with van der Waals surface area (Å²) < 4.78 is 0. The van der Waals surface area contributed by atoms with Crippen LogP contribution in [0.5, 0.6) is 0 Å². The monoisotopic (exact) mass is 248 g/mol. The third-order valence-corrected chi connectivity index (χ3v) is 0. The summed E-state index contributed by atoms with van der Waals surface area (Å²) in [5.74, 6) is 0. The summed E-state index contributed by atoms with van der Waals surface area (Å²) >= 11 is 0. The predicted octanol–water partition coefficient (Wildman–Crippen LogP) is -8.99. The van der Waals surface area contributed by atoms with Crippen LogP contribution in [0.1, 0.15) is 0 Å². The molecule has 0 aromatic carbocycles. The summed E-state index contributed by atoms with van der Waals surface area (Å²) in [5.41, 5.74) is 0. The number of hydrogen-bond donors (Lipinski definition) is 0. The van der Waals surface area contributed by atoms with Crippen LogP contribution in [-0.2, 0) is 19.5 Å². The normalized spacial score (nSPS) is 0. The van der Waals surface area contributed by atoms with Gasteiger partial charge in [-0.3, -0.25) is 0 Å². The second-order valence-electron chi connectivity index (χ2n) is 0. The predicted molar refractivity (Wildman–Crippen MR) is 0 cm³/mol. The van der Waals surface area contributed by atoms with Crippen molar-refractivity contribution in [3.63, 3.8) is 0 Å². The first-order valence-electron chi connectivity index (χ1n) is 0. The van der Waals surface area contributed by atoms with E-state index in [2.05, 4.69) is 0 Å². The maximum absolute atomic E-state index is 0. The minimum Gasteiger partial charge on any atom is -1.00 e. The van der Waals surface area contributed by atoms with Gasteiger partial charge in [0.05, 0.1) is 0 Å². The molecule has 2 radical (unpaired) electrons. The van der Waals surface area contributed by atoms with Gasteiger partial charge in [0, 0.05) is 0 Å². The van der Waals surface area contributed by atoms with Gasteiger partial charge in [-0.15, -0.1) is 0 Å². The molecule has 5 heavy (non-hydrogen) atoms. The van der Waals surface area contributed by atoms with Crippen molar-refractivity contribution in [2.45, 2.75) is 0 Å². The smallest absolute Gasteiger partial charge is 1.00 e. The van der Waals surface area contributed by atoms with Crippen LogP contribution in [0.3, 0.4) is 0 Å². The minimum atomic E-state index is 0. The molecule has 30 valence electrons. The molecule has 5 heteroatoms. The van der Waals surface area contributed by atoms with Crippen LogP contribution in [0.15, 0.2) is 0 Å². The maximum Gasteiger partial charge on any atom is 2.00 e. The van der Waals surface area contributed by atoms with E-state index >= 15 is 0 Å². The molecule has 0 aromatic rings. The van der Waals surface area contributed by atoms with E-state index in [9.17, 15) is 0 Å². The van der Waals surface area contributed by atoms with Crippen molar-refractivity contribution < 1.29 is 73.7 Å². The summed E-state index contributed by atoms with van der Waals surface area (Å²) in [6, 6.07) is 0. The molecule has 0 aliphatic heterocycles. The van der Waals surface area contributed by atoms with Crippen molar-refractivity contribution >= 4 is 0 Å². The third kappa shape index (κ3) is 24.2. The van der Waals surface area contributed by atoms with Crippen molar-refractivity contribution in [3.8, 4) is 0 Å². The molecule has 0 rings (SSSR count). The van der Waals surface area contributed by atoms with Crippen LogP contribution >= 0.6 is 0 Å². The first-order chi connectivity index (χ1) is 0. The van der Waals surface area contributed by atoms with Crippen molar-refractivity contribution in [1.82, 2.24) is 0 Å². The van der Waals surface area contributed by atoms with Gasteiger partial charge in [0.1, 0.15) is 0 Å². The quantitative estimate of drug-likeness (QED) is 0.375. The van der Waals surface area contributed by atoms with E-state index in [-0.39, 0.29) is 73.7 Å². The second-order valence-corrected chi connectivity index (χ2v) is 0. The van der Waals surface area contributed by atoms with Crippen LogP contribution in [-0.4, -0.2) is 0 Å². The average Bonchev–Trinajstić information content (AvgIpc) is 0. The molecule has 0 bridgehead atoms. The van der Waals surface area contributed by atoms with E-state index in [0.29, 0.717) is 0 Å². The van der Waals surface area contributed by atoms with Gasteiger partial charge in [-0.1, -0.05) is 0 Å². The second kappa shape index (κ2) is 37.9. The Bertz CT molecular complexity index is 6.85. The molecule has 0 aliphatic carbocycles. The standard InChI is InChI=1S/Br.3ClH.Zn/h;3*1H;/q+1;;;;+2/p-3. The summed E-state index contributed by atoms with van der Waals surface area (Å²) in [7, 11) is 0. The average molecular weight is 252 g/mol. The Hall–Kier alpha value is 1.97. The minimum absolute atomic E-state index is 0. The van der Waals surface area contributed by atoms with E-state index in [4.69, 9.17) is 0 Å². The fourth-order valence-corrected chi connectivity index (χ4v) is 0. The van der Waals surface area contributed by atoms with E-state index in [1.54, 1.807) is 0 Å². The number of halogens is 4. The van der Waals surface area contributed by atoms with Gasteiger partial charge in [0.25, 0.3) is 0 Å². The fourth-order valence-electron chi connectivity index (χ4n) is 0. The first kappa shape index (κ1) is 63.9. The zero-order chi connectivity index (χ0) is 0. The van der Waals surface area contributed by atoms with Crippen molar-refractivity contribution in [2.24, 2.45) is 0 Å². The molecular formula is BrCl3Zn. The van der Waals surface area contributed by atoms with E-state index < -0.39 is 0 Å². The number of hydrogen-bond acceptors (Lipinski definition) is 0. The van der Waals surface area contributed by atoms with Gasteiger partial charge in [0.15, 0.2) is 0 Å². The van der Waals surface area contributed by atoms with Crippen molar-refractivity contribution in [3.05, 3.63) is 0 Å². The van der Waals surface area contributed by atoms with Gasteiger partial charge < -0.3 is 37.2 Å². The molecule has 0 nitrogen and oxygen atoms in total. The first-order valence-corrected chi connectivity index (χ1v) is 0. The SMILES string of the molecule is [Br+].[Cl-].[Cl-].[Cl-].[Zn+2]. The fraction of sp³-hybridized carbons (Fsp3) is 0. The largest absolute Gasteiger partial charge is 2.00 e. The molecule has 0 spiro atoms. The van der Waals surface area contributed by atoms with Crippen molar-refractivity contribution in [2.75, 3.05) is 0 Å². The summed E-state index contributed by atoms with van der Waals surface area (Å²) in [6.07, 6.45) is 0. The molecule has 0 aliphatic rings. The molecule has 0 aromatic heterocycles. The Morgan fingerprint density at radius 1 is 0.600 bits per heavy atom. The molecule has 0 amide bonds. The molecule has 0 saturated heterocycles. The summed E-state index contributed by atoms with van der Waals surface area (Å²) in [4.78, 5) is 0. The van der Waals surface area contributed by atoms with Gasteiger partial charge >= 0.3 is 36.5 Å². The number of rotatable bonds is 0. The molecule has 0 unspecified atom stereocenters. The van der Waals surface area contributed by atoms with Gasteiger partial charge in [0.2, 0.25) is 0 Å². The maximum atomic E-state index is 0. The van der Waals surface area contributed by atoms with Crippen molar-refractivity contribution in [1.29, 1.82) is 0 Å². The van der Waals surface area contributed by atoms with E-state index in [1.807, 2.05) is 0 Å². The van der Waals surface area contributed by atoms with E-state index in [0.717, 1.165) is 0 Å². The Morgan fingerprint density at radius 3 is 0.600 bits per heavy atom. The van der Waals surface area contributed by atoms with Crippen LogP contribution in [0.4, 0.5) is 0 Å². The van der Waals surface area contributed by atoms with Gasteiger partial charge in [-0.25, -0.2) is 0 Å².